The topological polar surface area (TPSA) is 61.1 Å². The molecule has 0 heterocycles. The molecule has 3 heteroatoms. The highest BCUT2D eigenvalue weighted by Crippen LogP contribution is 2.59. The maximum absolute atomic E-state index is 11.2. The number of rotatable bonds is 3. The monoisotopic (exact) mass is 193 g/mol. The fraction of sp³-hybridized carbons (Fsp3) is 0.818. The minimum absolute atomic E-state index is 0.279. The number of nitriles is 1. The smallest absolute Gasteiger partial charge is 0.309 e. The molecule has 0 saturated heterocycles. The second-order valence-corrected chi connectivity index (χ2v) is 5.17. The molecule has 0 spiro atoms. The van der Waals surface area contributed by atoms with Crippen LogP contribution < -0.4 is 0 Å². The van der Waals surface area contributed by atoms with Gasteiger partial charge in [-0.15, -0.1) is 0 Å². The average Bonchev–Trinajstić information content (AvgIpc) is 2.82. The summed E-state index contributed by atoms with van der Waals surface area (Å²) in [5.41, 5.74) is -0.843. The third kappa shape index (κ3) is 1.30. The Morgan fingerprint density at radius 2 is 2.14 bits per heavy atom. The van der Waals surface area contributed by atoms with Crippen molar-refractivity contribution >= 4 is 5.97 Å². The maximum Gasteiger partial charge on any atom is 0.309 e. The Balaban J connectivity index is 2.07. The van der Waals surface area contributed by atoms with Gasteiger partial charge in [-0.3, -0.25) is 4.79 Å². The number of carbonyl (C=O) groups is 1. The quantitative estimate of drug-likeness (QED) is 0.747. The Bertz CT molecular complexity index is 306. The molecule has 76 valence electrons. The van der Waals surface area contributed by atoms with E-state index in [-0.39, 0.29) is 5.41 Å². The largest absolute Gasteiger partial charge is 0.481 e. The molecule has 2 rings (SSSR count). The first-order valence-corrected chi connectivity index (χ1v) is 5.17. The molecule has 0 aliphatic heterocycles. The van der Waals surface area contributed by atoms with Crippen LogP contribution in [0.2, 0.25) is 0 Å². The van der Waals surface area contributed by atoms with Crippen LogP contribution in [0.3, 0.4) is 0 Å². The lowest BCUT2D eigenvalue weighted by molar-refractivity contribution is -0.159. The van der Waals surface area contributed by atoms with E-state index in [2.05, 4.69) is 13.0 Å². The highest BCUT2D eigenvalue weighted by atomic mass is 16.4. The highest BCUT2D eigenvalue weighted by molar-refractivity contribution is 5.76. The molecule has 0 atom stereocenters. The molecule has 2 aliphatic rings. The molecule has 3 nitrogen and oxygen atoms in total. The summed E-state index contributed by atoms with van der Waals surface area (Å²) in [5, 5.41) is 18.1. The zero-order valence-corrected chi connectivity index (χ0v) is 8.42. The van der Waals surface area contributed by atoms with Crippen molar-refractivity contribution in [2.24, 2.45) is 16.7 Å². The van der Waals surface area contributed by atoms with E-state index in [9.17, 15) is 9.90 Å². The number of aliphatic carboxylic acids is 1. The zero-order chi connectivity index (χ0) is 10.4. The van der Waals surface area contributed by atoms with Gasteiger partial charge >= 0.3 is 5.97 Å². The van der Waals surface area contributed by atoms with Crippen molar-refractivity contribution in [2.45, 2.75) is 39.0 Å². The van der Waals surface area contributed by atoms with E-state index in [0.717, 1.165) is 25.7 Å². The van der Waals surface area contributed by atoms with Gasteiger partial charge in [-0.05, 0) is 38.0 Å². The maximum atomic E-state index is 11.2. The Hall–Kier alpha value is -1.04. The predicted octanol–water partition coefficient (Wildman–Crippen LogP) is 2.18. The summed E-state index contributed by atoms with van der Waals surface area (Å²) in [5.74, 6) is -0.183. The van der Waals surface area contributed by atoms with Gasteiger partial charge < -0.3 is 5.11 Å². The van der Waals surface area contributed by atoms with Gasteiger partial charge in [0.05, 0.1) is 16.9 Å². The fourth-order valence-corrected chi connectivity index (χ4v) is 2.80. The average molecular weight is 193 g/mol. The zero-order valence-electron chi connectivity index (χ0n) is 8.42. The normalized spacial score (nSPS) is 38.1. The van der Waals surface area contributed by atoms with Gasteiger partial charge in [0.25, 0.3) is 0 Å². The summed E-state index contributed by atoms with van der Waals surface area (Å²) in [6, 6.07) is 2.28. The van der Waals surface area contributed by atoms with Gasteiger partial charge in [-0.2, -0.15) is 5.26 Å². The summed E-state index contributed by atoms with van der Waals surface area (Å²) < 4.78 is 0. The SMILES string of the molecule is CC1CC(CC2(C#N)CC2)(C(=O)O)C1. The Kier molecular flexibility index (Phi) is 1.85. The Morgan fingerprint density at radius 3 is 2.43 bits per heavy atom. The lowest BCUT2D eigenvalue weighted by atomic mass is 9.58. The van der Waals surface area contributed by atoms with Crippen LogP contribution in [0.1, 0.15) is 39.0 Å². The molecule has 0 unspecified atom stereocenters. The van der Waals surface area contributed by atoms with Crippen LogP contribution in [0.15, 0.2) is 0 Å². The fourth-order valence-electron chi connectivity index (χ4n) is 2.80. The minimum Gasteiger partial charge on any atom is -0.481 e. The summed E-state index contributed by atoms with van der Waals surface area (Å²) in [6.07, 6.45) is 3.88. The van der Waals surface area contributed by atoms with E-state index in [0.29, 0.717) is 12.3 Å². The van der Waals surface area contributed by atoms with Crippen LogP contribution in [0.4, 0.5) is 0 Å². The molecule has 14 heavy (non-hydrogen) atoms. The van der Waals surface area contributed by atoms with Gasteiger partial charge in [0.1, 0.15) is 0 Å². The first kappa shape index (κ1) is 9.51. The van der Waals surface area contributed by atoms with Crippen molar-refractivity contribution < 1.29 is 9.90 Å². The first-order chi connectivity index (χ1) is 6.52. The summed E-state index contributed by atoms with van der Waals surface area (Å²) in [7, 11) is 0. The lowest BCUT2D eigenvalue weighted by Gasteiger charge is -2.44. The van der Waals surface area contributed by atoms with Crippen LogP contribution in [-0.2, 0) is 4.79 Å². The number of carboxylic acid groups (broad SMARTS) is 1. The van der Waals surface area contributed by atoms with Gasteiger partial charge in [0.15, 0.2) is 0 Å². The van der Waals surface area contributed by atoms with Crippen molar-refractivity contribution in [1.29, 1.82) is 5.26 Å². The summed E-state index contributed by atoms with van der Waals surface area (Å²) in [6.45, 7) is 2.08. The van der Waals surface area contributed by atoms with E-state index in [4.69, 9.17) is 5.26 Å². The molecule has 2 aliphatic carbocycles. The number of carboxylic acids is 1. The van der Waals surface area contributed by atoms with Gasteiger partial charge in [0.2, 0.25) is 0 Å². The van der Waals surface area contributed by atoms with E-state index < -0.39 is 11.4 Å². The van der Waals surface area contributed by atoms with Crippen molar-refractivity contribution in [3.8, 4) is 6.07 Å². The first-order valence-electron chi connectivity index (χ1n) is 5.17. The molecule has 0 amide bonds. The predicted molar refractivity (Wildman–Crippen MR) is 50.4 cm³/mol. The van der Waals surface area contributed by atoms with Crippen LogP contribution in [-0.4, -0.2) is 11.1 Å². The Labute approximate surface area is 83.7 Å². The molecule has 0 aromatic carbocycles. The number of nitrogens with zero attached hydrogens (tertiary/aromatic N) is 1. The summed E-state index contributed by atoms with van der Waals surface area (Å²) in [4.78, 5) is 11.2. The standard InChI is InChI=1S/C11H15NO2/c1-8-4-11(5-8,9(13)14)6-10(7-12)2-3-10/h8H,2-6H2,1H3,(H,13,14). The third-order valence-corrected chi connectivity index (χ3v) is 3.70. The van der Waals surface area contributed by atoms with Crippen molar-refractivity contribution in [2.75, 3.05) is 0 Å². The molecule has 2 fully saturated rings. The summed E-state index contributed by atoms with van der Waals surface area (Å²) >= 11 is 0. The Morgan fingerprint density at radius 1 is 1.57 bits per heavy atom. The van der Waals surface area contributed by atoms with E-state index in [1.807, 2.05) is 0 Å². The van der Waals surface area contributed by atoms with Crippen molar-refractivity contribution in [3.63, 3.8) is 0 Å². The molecule has 0 bridgehead atoms. The van der Waals surface area contributed by atoms with Crippen LogP contribution in [0, 0.1) is 28.1 Å². The van der Waals surface area contributed by atoms with E-state index in [1.54, 1.807) is 0 Å². The molecule has 1 N–H and O–H groups in total. The lowest BCUT2D eigenvalue weighted by Crippen LogP contribution is -2.44. The highest BCUT2D eigenvalue weighted by Gasteiger charge is 2.57. The molecule has 0 aromatic heterocycles. The molecular formula is C11H15NO2. The second-order valence-electron chi connectivity index (χ2n) is 5.17. The molecular weight excluding hydrogens is 178 g/mol. The minimum atomic E-state index is -0.697. The molecule has 2 saturated carbocycles. The van der Waals surface area contributed by atoms with E-state index in [1.165, 1.54) is 0 Å². The van der Waals surface area contributed by atoms with Crippen molar-refractivity contribution in [3.05, 3.63) is 0 Å². The van der Waals surface area contributed by atoms with Crippen LogP contribution in [0.5, 0.6) is 0 Å². The van der Waals surface area contributed by atoms with Gasteiger partial charge in [-0.25, -0.2) is 0 Å². The number of hydrogen-bond acceptors (Lipinski definition) is 2. The number of hydrogen-bond donors (Lipinski definition) is 1. The third-order valence-electron chi connectivity index (χ3n) is 3.70. The van der Waals surface area contributed by atoms with E-state index >= 15 is 0 Å². The second kappa shape index (κ2) is 2.73. The van der Waals surface area contributed by atoms with Gasteiger partial charge in [-0.1, -0.05) is 6.92 Å². The van der Waals surface area contributed by atoms with Crippen LogP contribution in [0.25, 0.3) is 0 Å². The van der Waals surface area contributed by atoms with Gasteiger partial charge in [0, 0.05) is 0 Å². The molecule has 0 aromatic rings. The van der Waals surface area contributed by atoms with Crippen LogP contribution >= 0.6 is 0 Å². The molecule has 0 radical (unpaired) electrons. The van der Waals surface area contributed by atoms with Crippen molar-refractivity contribution in [1.82, 2.24) is 0 Å².